The summed E-state index contributed by atoms with van der Waals surface area (Å²) in [6, 6.07) is 0. The molecule has 28 heavy (non-hydrogen) atoms. The molecule has 3 heterocycles. The molecule has 2 aliphatic heterocycles. The van der Waals surface area contributed by atoms with Crippen LogP contribution in [0.2, 0.25) is 0 Å². The van der Waals surface area contributed by atoms with Crippen LogP contribution in [0.5, 0.6) is 0 Å². The number of carbonyl (C=O) groups excluding carboxylic acids is 2. The van der Waals surface area contributed by atoms with Gasteiger partial charge in [-0.25, -0.2) is 4.98 Å². The van der Waals surface area contributed by atoms with E-state index in [2.05, 4.69) is 10.3 Å². The molecule has 9 heteroatoms. The van der Waals surface area contributed by atoms with Crippen molar-refractivity contribution >= 4 is 34.3 Å². The highest BCUT2D eigenvalue weighted by Gasteiger charge is 2.33. The van der Waals surface area contributed by atoms with Crippen LogP contribution in [0.4, 0.5) is 5.13 Å². The van der Waals surface area contributed by atoms with Crippen LogP contribution in [-0.4, -0.2) is 70.4 Å². The smallest absolute Gasteiger partial charge is 0.306 e. The van der Waals surface area contributed by atoms with E-state index in [4.69, 9.17) is 5.11 Å². The van der Waals surface area contributed by atoms with E-state index in [1.807, 2.05) is 18.7 Å². The number of carboxylic acid groups (broad SMARTS) is 1. The summed E-state index contributed by atoms with van der Waals surface area (Å²) in [6.07, 6.45) is 2.74. The Balaban J connectivity index is 1.48. The molecule has 0 aliphatic carbocycles. The van der Waals surface area contributed by atoms with Gasteiger partial charge in [-0.15, -0.1) is 11.3 Å². The molecule has 3 rings (SSSR count). The van der Waals surface area contributed by atoms with Crippen molar-refractivity contribution in [3.63, 3.8) is 0 Å². The fourth-order valence-corrected chi connectivity index (χ4v) is 4.72. The second kappa shape index (κ2) is 9.00. The summed E-state index contributed by atoms with van der Waals surface area (Å²) in [6.45, 7) is 6.53. The highest BCUT2D eigenvalue weighted by atomic mass is 32.1. The lowest BCUT2D eigenvalue weighted by molar-refractivity contribution is -0.147. The Kier molecular flexibility index (Phi) is 6.66. The number of aliphatic carboxylic acids is 1. The Morgan fingerprint density at radius 2 is 1.86 bits per heavy atom. The van der Waals surface area contributed by atoms with Crippen LogP contribution in [0.15, 0.2) is 0 Å². The highest BCUT2D eigenvalue weighted by Crippen LogP contribution is 2.24. The number of thiazole rings is 1. The van der Waals surface area contributed by atoms with Crippen molar-refractivity contribution in [2.24, 2.45) is 11.8 Å². The average Bonchev–Trinajstić information content (AvgIpc) is 2.98. The van der Waals surface area contributed by atoms with Crippen LogP contribution in [0.25, 0.3) is 0 Å². The first-order valence-electron chi connectivity index (χ1n) is 9.81. The molecule has 1 aromatic heterocycles. The lowest BCUT2D eigenvalue weighted by atomic mass is 9.93. The molecule has 2 aliphatic rings. The summed E-state index contributed by atoms with van der Waals surface area (Å²) in [5, 5.41) is 12.6. The summed E-state index contributed by atoms with van der Waals surface area (Å²) in [7, 11) is 0. The number of hydrogen-bond acceptors (Lipinski definition) is 6. The number of nitrogens with zero attached hydrogens (tertiary/aromatic N) is 3. The van der Waals surface area contributed by atoms with Crippen LogP contribution in [-0.2, 0) is 14.4 Å². The van der Waals surface area contributed by atoms with E-state index in [-0.39, 0.29) is 30.2 Å². The Bertz CT molecular complexity index is 723. The van der Waals surface area contributed by atoms with Gasteiger partial charge < -0.3 is 15.3 Å². The van der Waals surface area contributed by atoms with E-state index >= 15 is 0 Å². The molecule has 2 amide bonds. The number of aryl methyl sites for hydroxylation is 2. The number of carboxylic acids is 1. The predicted molar refractivity (Wildman–Crippen MR) is 106 cm³/mol. The van der Waals surface area contributed by atoms with E-state index in [0.717, 1.165) is 30.0 Å². The molecule has 2 N–H and O–H groups in total. The van der Waals surface area contributed by atoms with E-state index in [1.54, 1.807) is 4.90 Å². The number of aromatic nitrogens is 1. The Morgan fingerprint density at radius 3 is 2.46 bits per heavy atom. The normalized spacial score (nSPS) is 21.5. The molecule has 1 unspecified atom stereocenters. The molecule has 0 saturated carbocycles. The van der Waals surface area contributed by atoms with Crippen molar-refractivity contribution in [2.75, 3.05) is 38.0 Å². The zero-order valence-corrected chi connectivity index (χ0v) is 17.3. The highest BCUT2D eigenvalue weighted by molar-refractivity contribution is 7.15. The van der Waals surface area contributed by atoms with Crippen molar-refractivity contribution in [3.8, 4) is 0 Å². The van der Waals surface area contributed by atoms with Crippen molar-refractivity contribution in [2.45, 2.75) is 39.5 Å². The molecule has 0 bridgehead atoms. The maximum Gasteiger partial charge on any atom is 0.306 e. The molecular formula is C19H28N4O4S. The first kappa shape index (κ1) is 20.7. The lowest BCUT2D eigenvalue weighted by Gasteiger charge is -2.37. The van der Waals surface area contributed by atoms with Gasteiger partial charge in [0.05, 0.1) is 24.1 Å². The number of rotatable bonds is 5. The number of hydrogen-bond donors (Lipinski definition) is 2. The molecule has 1 aromatic rings. The van der Waals surface area contributed by atoms with Crippen molar-refractivity contribution in [1.29, 1.82) is 0 Å². The number of carbonyl (C=O) groups is 3. The van der Waals surface area contributed by atoms with Gasteiger partial charge in [0.15, 0.2) is 5.13 Å². The molecule has 0 spiro atoms. The molecule has 0 radical (unpaired) electrons. The van der Waals surface area contributed by atoms with E-state index in [1.165, 1.54) is 11.3 Å². The van der Waals surface area contributed by atoms with Crippen LogP contribution < -0.4 is 5.32 Å². The van der Waals surface area contributed by atoms with Gasteiger partial charge in [-0.3, -0.25) is 19.3 Å². The third kappa shape index (κ3) is 5.08. The Morgan fingerprint density at radius 1 is 1.14 bits per heavy atom. The zero-order chi connectivity index (χ0) is 20.3. The zero-order valence-electron chi connectivity index (χ0n) is 16.4. The number of piperidine rings is 2. The molecule has 2 fully saturated rings. The largest absolute Gasteiger partial charge is 0.481 e. The minimum atomic E-state index is -0.771. The predicted octanol–water partition coefficient (Wildman–Crippen LogP) is 1.73. The van der Waals surface area contributed by atoms with E-state index in [9.17, 15) is 14.4 Å². The van der Waals surface area contributed by atoms with Crippen LogP contribution in [0.1, 0.15) is 36.3 Å². The second-order valence-corrected chi connectivity index (χ2v) is 8.92. The first-order chi connectivity index (χ1) is 13.3. The molecule has 2 saturated heterocycles. The number of anilines is 1. The Labute approximate surface area is 168 Å². The fraction of sp³-hybridized carbons (Fsp3) is 0.684. The van der Waals surface area contributed by atoms with E-state index < -0.39 is 5.97 Å². The fourth-order valence-electron chi connectivity index (χ4n) is 3.89. The summed E-state index contributed by atoms with van der Waals surface area (Å²) < 4.78 is 0. The third-order valence-corrected chi connectivity index (χ3v) is 6.64. The Hall–Kier alpha value is -2.00. The molecule has 1 atom stereocenters. The second-order valence-electron chi connectivity index (χ2n) is 7.72. The van der Waals surface area contributed by atoms with Crippen molar-refractivity contribution in [1.82, 2.24) is 14.8 Å². The van der Waals surface area contributed by atoms with Crippen LogP contribution in [0.3, 0.4) is 0 Å². The monoisotopic (exact) mass is 408 g/mol. The minimum absolute atomic E-state index is 0.0973. The summed E-state index contributed by atoms with van der Waals surface area (Å²) in [5.74, 6) is -1.24. The van der Waals surface area contributed by atoms with Gasteiger partial charge in [-0.1, -0.05) is 0 Å². The van der Waals surface area contributed by atoms with Gasteiger partial charge >= 0.3 is 5.97 Å². The van der Waals surface area contributed by atoms with Crippen molar-refractivity contribution < 1.29 is 19.5 Å². The average molecular weight is 409 g/mol. The SMILES string of the molecule is Cc1nc(NC(=O)CN2CCCC(C(=O)N3CCC(C(=O)O)CC3)C2)sc1C. The first-order valence-corrected chi connectivity index (χ1v) is 10.6. The minimum Gasteiger partial charge on any atom is -0.481 e. The summed E-state index contributed by atoms with van der Waals surface area (Å²) in [4.78, 5) is 45.5. The standard InChI is InChI=1S/C19H28N4O4S/c1-12-13(2)28-19(20-12)21-16(24)11-22-7-3-4-15(10-22)17(25)23-8-5-14(6-9-23)18(26)27/h14-15H,3-11H2,1-2H3,(H,26,27)(H,20,21,24). The summed E-state index contributed by atoms with van der Waals surface area (Å²) >= 11 is 1.47. The lowest BCUT2D eigenvalue weighted by Crippen LogP contribution is -2.49. The number of likely N-dealkylation sites (tertiary alicyclic amines) is 2. The third-order valence-electron chi connectivity index (χ3n) is 5.65. The van der Waals surface area contributed by atoms with Gasteiger partial charge in [0, 0.05) is 24.5 Å². The van der Waals surface area contributed by atoms with Gasteiger partial charge in [0.2, 0.25) is 11.8 Å². The molecule has 8 nitrogen and oxygen atoms in total. The van der Waals surface area contributed by atoms with Gasteiger partial charge in [-0.05, 0) is 46.1 Å². The molecular weight excluding hydrogens is 380 g/mol. The molecule has 0 aromatic carbocycles. The van der Waals surface area contributed by atoms with Gasteiger partial charge in [0.25, 0.3) is 0 Å². The van der Waals surface area contributed by atoms with Crippen LogP contribution >= 0.6 is 11.3 Å². The van der Waals surface area contributed by atoms with E-state index in [0.29, 0.717) is 37.6 Å². The number of amides is 2. The topological polar surface area (TPSA) is 103 Å². The number of nitrogens with one attached hydrogen (secondary N) is 1. The van der Waals surface area contributed by atoms with Crippen molar-refractivity contribution in [3.05, 3.63) is 10.6 Å². The van der Waals surface area contributed by atoms with Gasteiger partial charge in [-0.2, -0.15) is 0 Å². The maximum absolute atomic E-state index is 12.8. The van der Waals surface area contributed by atoms with Gasteiger partial charge in [0.1, 0.15) is 0 Å². The maximum atomic E-state index is 12.8. The summed E-state index contributed by atoms with van der Waals surface area (Å²) in [5.41, 5.74) is 0.926. The quantitative estimate of drug-likeness (QED) is 0.769. The molecule has 154 valence electrons. The van der Waals surface area contributed by atoms with Crippen LogP contribution in [0, 0.1) is 25.7 Å².